The van der Waals surface area contributed by atoms with Gasteiger partial charge in [0, 0.05) is 6.42 Å². The first-order valence-electron chi connectivity index (χ1n) is 12.7. The second-order valence-corrected chi connectivity index (χ2v) is 8.93. The third-order valence-corrected chi connectivity index (χ3v) is 6.30. The average Bonchev–Trinajstić information content (AvgIpc) is 2.72. The lowest BCUT2D eigenvalue weighted by Crippen LogP contribution is -2.55. The van der Waals surface area contributed by atoms with Gasteiger partial charge in [0.1, 0.15) is 5.54 Å². The average molecular weight is 427 g/mol. The highest BCUT2D eigenvalue weighted by Crippen LogP contribution is 2.30. The van der Waals surface area contributed by atoms with Gasteiger partial charge in [-0.3, -0.25) is 14.5 Å². The SMILES string of the molecule is CCCCCCCCCCCCN(CCCC)[C@@](CCCC)(CCC(N)=O)C(=O)O. The Hall–Kier alpha value is -1.10. The van der Waals surface area contributed by atoms with E-state index < -0.39 is 17.4 Å². The molecule has 5 heteroatoms. The Balaban J connectivity index is 4.74. The summed E-state index contributed by atoms with van der Waals surface area (Å²) in [5.41, 5.74) is 4.43. The lowest BCUT2D eigenvalue weighted by Gasteiger charge is -2.41. The van der Waals surface area contributed by atoms with Crippen LogP contribution in [0.5, 0.6) is 0 Å². The van der Waals surface area contributed by atoms with Crippen molar-refractivity contribution in [1.82, 2.24) is 4.90 Å². The van der Waals surface area contributed by atoms with Crippen LogP contribution in [0.15, 0.2) is 0 Å². The van der Waals surface area contributed by atoms with Crippen LogP contribution in [0.4, 0.5) is 0 Å². The summed E-state index contributed by atoms with van der Waals surface area (Å²) in [6.07, 6.45) is 17.6. The molecule has 1 amide bonds. The van der Waals surface area contributed by atoms with E-state index in [1.54, 1.807) is 0 Å². The number of amides is 1. The van der Waals surface area contributed by atoms with Crippen molar-refractivity contribution in [3.05, 3.63) is 0 Å². The summed E-state index contributed by atoms with van der Waals surface area (Å²) in [5, 5.41) is 10.2. The van der Waals surface area contributed by atoms with E-state index in [4.69, 9.17) is 5.73 Å². The number of nitrogens with two attached hydrogens (primary N) is 1. The molecular weight excluding hydrogens is 376 g/mol. The van der Waals surface area contributed by atoms with Crippen molar-refractivity contribution in [3.63, 3.8) is 0 Å². The predicted octanol–water partition coefficient (Wildman–Crippen LogP) is 6.29. The molecule has 0 heterocycles. The van der Waals surface area contributed by atoms with Gasteiger partial charge < -0.3 is 10.8 Å². The van der Waals surface area contributed by atoms with Gasteiger partial charge in [-0.25, -0.2) is 0 Å². The summed E-state index contributed by atoms with van der Waals surface area (Å²) in [6, 6.07) is 0. The van der Waals surface area contributed by atoms with Crippen LogP contribution in [0.25, 0.3) is 0 Å². The molecule has 0 aromatic rings. The Labute approximate surface area is 186 Å². The topological polar surface area (TPSA) is 83.6 Å². The van der Waals surface area contributed by atoms with Gasteiger partial charge in [-0.2, -0.15) is 0 Å². The van der Waals surface area contributed by atoms with Crippen molar-refractivity contribution in [2.45, 2.75) is 135 Å². The van der Waals surface area contributed by atoms with Crippen molar-refractivity contribution < 1.29 is 14.7 Å². The van der Waals surface area contributed by atoms with Crippen LogP contribution in [0, 0.1) is 0 Å². The molecule has 0 fully saturated rings. The van der Waals surface area contributed by atoms with E-state index in [2.05, 4.69) is 25.7 Å². The highest BCUT2D eigenvalue weighted by Gasteiger charge is 2.43. The van der Waals surface area contributed by atoms with Gasteiger partial charge in [0.2, 0.25) is 5.91 Å². The minimum atomic E-state index is -0.959. The smallest absolute Gasteiger partial charge is 0.324 e. The number of rotatable bonds is 22. The largest absolute Gasteiger partial charge is 0.480 e. The molecule has 0 unspecified atom stereocenters. The number of hydrogen-bond donors (Lipinski definition) is 2. The Bertz CT molecular complexity index is 442. The molecule has 0 saturated heterocycles. The fourth-order valence-corrected chi connectivity index (χ4v) is 4.27. The predicted molar refractivity (Wildman–Crippen MR) is 127 cm³/mol. The van der Waals surface area contributed by atoms with Crippen LogP contribution in [-0.4, -0.2) is 40.5 Å². The molecule has 0 aromatic carbocycles. The quantitative estimate of drug-likeness (QED) is 0.199. The first-order chi connectivity index (χ1) is 14.4. The number of carbonyl (C=O) groups excluding carboxylic acids is 1. The van der Waals surface area contributed by atoms with Crippen LogP contribution >= 0.6 is 0 Å². The molecular formula is C25H50N2O3. The maximum absolute atomic E-state index is 12.4. The fourth-order valence-electron chi connectivity index (χ4n) is 4.27. The van der Waals surface area contributed by atoms with Gasteiger partial charge in [0.25, 0.3) is 0 Å². The second-order valence-electron chi connectivity index (χ2n) is 8.93. The first-order valence-corrected chi connectivity index (χ1v) is 12.7. The van der Waals surface area contributed by atoms with Gasteiger partial charge in [0.05, 0.1) is 0 Å². The molecule has 0 spiro atoms. The van der Waals surface area contributed by atoms with Crippen molar-refractivity contribution in [2.24, 2.45) is 5.73 Å². The minimum Gasteiger partial charge on any atom is -0.480 e. The molecule has 178 valence electrons. The van der Waals surface area contributed by atoms with Gasteiger partial charge in [-0.1, -0.05) is 97.8 Å². The van der Waals surface area contributed by atoms with Crippen molar-refractivity contribution in [3.8, 4) is 0 Å². The third-order valence-electron chi connectivity index (χ3n) is 6.30. The standard InChI is InChI=1S/C25H50N2O3/c1-4-7-10-11-12-13-14-15-16-17-22-27(21-9-6-3)25(24(29)30,19-8-5-2)20-18-23(26)28/h4-22H2,1-3H3,(H2,26,28)(H,29,30)/t25-/m0/s1. The number of primary amides is 1. The lowest BCUT2D eigenvalue weighted by molar-refractivity contribution is -0.153. The Kier molecular flexibility index (Phi) is 18.0. The third kappa shape index (κ3) is 12.6. The summed E-state index contributed by atoms with van der Waals surface area (Å²) < 4.78 is 0. The number of hydrogen-bond acceptors (Lipinski definition) is 3. The molecule has 30 heavy (non-hydrogen) atoms. The summed E-state index contributed by atoms with van der Waals surface area (Å²) in [7, 11) is 0. The van der Waals surface area contributed by atoms with E-state index in [0.717, 1.165) is 51.6 Å². The van der Waals surface area contributed by atoms with Crippen LogP contribution in [0.2, 0.25) is 0 Å². The van der Waals surface area contributed by atoms with Crippen LogP contribution in [-0.2, 0) is 9.59 Å². The number of nitrogens with zero attached hydrogens (tertiary/aromatic N) is 1. The van der Waals surface area contributed by atoms with Crippen molar-refractivity contribution in [2.75, 3.05) is 13.1 Å². The van der Waals surface area contributed by atoms with Crippen LogP contribution in [0.1, 0.15) is 130 Å². The summed E-state index contributed by atoms with van der Waals surface area (Å²) in [6.45, 7) is 8.04. The number of carbonyl (C=O) groups is 2. The molecule has 0 saturated carbocycles. The van der Waals surface area contributed by atoms with Gasteiger partial charge in [0.15, 0.2) is 0 Å². The minimum absolute atomic E-state index is 0.136. The molecule has 0 rings (SSSR count). The lowest BCUT2D eigenvalue weighted by atomic mass is 9.85. The highest BCUT2D eigenvalue weighted by atomic mass is 16.4. The van der Waals surface area contributed by atoms with Crippen LogP contribution < -0.4 is 5.73 Å². The molecule has 0 bridgehead atoms. The fraction of sp³-hybridized carbons (Fsp3) is 0.920. The van der Waals surface area contributed by atoms with E-state index >= 15 is 0 Å². The summed E-state index contributed by atoms with van der Waals surface area (Å²) in [4.78, 5) is 26.0. The zero-order valence-corrected chi connectivity index (χ0v) is 20.2. The van der Waals surface area contributed by atoms with Crippen molar-refractivity contribution in [1.29, 1.82) is 0 Å². The number of aliphatic carboxylic acids is 1. The molecule has 0 aliphatic carbocycles. The maximum atomic E-state index is 12.4. The van der Waals surface area contributed by atoms with Crippen LogP contribution in [0.3, 0.4) is 0 Å². The maximum Gasteiger partial charge on any atom is 0.324 e. The zero-order chi connectivity index (χ0) is 22.7. The Morgan fingerprint density at radius 3 is 1.63 bits per heavy atom. The first kappa shape index (κ1) is 28.9. The molecule has 0 aromatic heterocycles. The van der Waals surface area contributed by atoms with E-state index in [1.807, 2.05) is 0 Å². The van der Waals surface area contributed by atoms with Gasteiger partial charge >= 0.3 is 5.97 Å². The number of carboxylic acid groups (broad SMARTS) is 1. The molecule has 5 nitrogen and oxygen atoms in total. The van der Waals surface area contributed by atoms with E-state index in [9.17, 15) is 14.7 Å². The highest BCUT2D eigenvalue weighted by molar-refractivity contribution is 5.81. The molecule has 1 atom stereocenters. The van der Waals surface area contributed by atoms with Crippen molar-refractivity contribution >= 4 is 11.9 Å². The second kappa shape index (κ2) is 18.7. The van der Waals surface area contributed by atoms with Gasteiger partial charge in [-0.05, 0) is 38.8 Å². The zero-order valence-electron chi connectivity index (χ0n) is 20.2. The van der Waals surface area contributed by atoms with E-state index in [-0.39, 0.29) is 6.42 Å². The Morgan fingerprint density at radius 1 is 0.700 bits per heavy atom. The van der Waals surface area contributed by atoms with E-state index in [1.165, 1.54) is 51.4 Å². The number of carboxylic acids is 1. The van der Waals surface area contributed by atoms with Gasteiger partial charge in [-0.15, -0.1) is 0 Å². The number of unbranched alkanes of at least 4 members (excludes halogenated alkanes) is 11. The molecule has 0 aliphatic heterocycles. The molecule has 0 radical (unpaired) electrons. The molecule has 3 N–H and O–H groups in total. The monoisotopic (exact) mass is 426 g/mol. The normalized spacial score (nSPS) is 13.5. The Morgan fingerprint density at radius 2 is 1.17 bits per heavy atom. The molecule has 0 aliphatic rings. The summed E-state index contributed by atoms with van der Waals surface area (Å²) in [5.74, 6) is -1.20. The summed E-state index contributed by atoms with van der Waals surface area (Å²) >= 11 is 0. The van der Waals surface area contributed by atoms with E-state index in [0.29, 0.717) is 12.8 Å².